The highest BCUT2D eigenvalue weighted by atomic mass is 32.2. The smallest absolute Gasteiger partial charge is 0.335 e. The van der Waals surface area contributed by atoms with E-state index >= 15 is 0 Å². The van der Waals surface area contributed by atoms with E-state index in [2.05, 4.69) is 9.97 Å². The van der Waals surface area contributed by atoms with Crippen LogP contribution < -0.4 is 0 Å². The molecular formula is C13H11FN2O2S. The van der Waals surface area contributed by atoms with Crippen LogP contribution in [-0.4, -0.2) is 21.0 Å². The Morgan fingerprint density at radius 2 is 2.00 bits per heavy atom. The van der Waals surface area contributed by atoms with E-state index in [0.29, 0.717) is 12.1 Å². The molecule has 2 aromatic rings. The fourth-order valence-electron chi connectivity index (χ4n) is 1.48. The van der Waals surface area contributed by atoms with E-state index in [1.165, 1.54) is 18.5 Å². The third-order valence-electron chi connectivity index (χ3n) is 2.48. The molecule has 19 heavy (non-hydrogen) atoms. The number of aromatic carboxylic acids is 1. The SMILES string of the molecule is CCc1ncnc(Sc2ccc(C(=O)O)cc2)c1F. The Kier molecular flexibility index (Phi) is 4.11. The third-order valence-corrected chi connectivity index (χ3v) is 3.47. The number of aryl methyl sites for hydroxylation is 1. The quantitative estimate of drug-likeness (QED) is 0.871. The Morgan fingerprint density at radius 3 is 2.58 bits per heavy atom. The molecule has 4 nitrogen and oxygen atoms in total. The number of hydrogen-bond acceptors (Lipinski definition) is 4. The second kappa shape index (κ2) is 5.79. The molecule has 1 aromatic heterocycles. The first-order chi connectivity index (χ1) is 9.11. The molecule has 1 aromatic carbocycles. The highest BCUT2D eigenvalue weighted by Crippen LogP contribution is 2.28. The van der Waals surface area contributed by atoms with Gasteiger partial charge in [0, 0.05) is 4.90 Å². The minimum atomic E-state index is -0.988. The average Bonchev–Trinajstić information content (AvgIpc) is 2.42. The third kappa shape index (κ3) is 3.08. The first-order valence-corrected chi connectivity index (χ1v) is 6.44. The maximum absolute atomic E-state index is 13.9. The molecule has 0 aliphatic heterocycles. The number of halogens is 1. The lowest BCUT2D eigenvalue weighted by Crippen LogP contribution is -1.98. The van der Waals surface area contributed by atoms with Crippen molar-refractivity contribution in [3.63, 3.8) is 0 Å². The summed E-state index contributed by atoms with van der Waals surface area (Å²) < 4.78 is 13.9. The highest BCUT2D eigenvalue weighted by Gasteiger charge is 2.11. The van der Waals surface area contributed by atoms with Gasteiger partial charge in [0.1, 0.15) is 11.4 Å². The largest absolute Gasteiger partial charge is 0.478 e. The lowest BCUT2D eigenvalue weighted by Gasteiger charge is -2.05. The van der Waals surface area contributed by atoms with Crippen LogP contribution in [0.4, 0.5) is 4.39 Å². The summed E-state index contributed by atoms with van der Waals surface area (Å²) in [5.74, 6) is -1.41. The Balaban J connectivity index is 2.24. The molecule has 0 fully saturated rings. The lowest BCUT2D eigenvalue weighted by molar-refractivity contribution is 0.0697. The van der Waals surface area contributed by atoms with Gasteiger partial charge in [-0.05, 0) is 30.7 Å². The van der Waals surface area contributed by atoms with E-state index < -0.39 is 11.8 Å². The zero-order chi connectivity index (χ0) is 13.8. The van der Waals surface area contributed by atoms with Crippen molar-refractivity contribution < 1.29 is 14.3 Å². The lowest BCUT2D eigenvalue weighted by atomic mass is 10.2. The summed E-state index contributed by atoms with van der Waals surface area (Å²) in [6, 6.07) is 6.21. The van der Waals surface area contributed by atoms with Crippen molar-refractivity contribution in [3.8, 4) is 0 Å². The van der Waals surface area contributed by atoms with Gasteiger partial charge in [-0.15, -0.1) is 0 Å². The van der Waals surface area contributed by atoms with Crippen molar-refractivity contribution >= 4 is 17.7 Å². The van der Waals surface area contributed by atoms with Crippen LogP contribution >= 0.6 is 11.8 Å². The Labute approximate surface area is 113 Å². The van der Waals surface area contributed by atoms with Gasteiger partial charge in [-0.1, -0.05) is 18.7 Å². The fourth-order valence-corrected chi connectivity index (χ4v) is 2.29. The predicted octanol–water partition coefficient (Wildman–Crippen LogP) is 3.03. The van der Waals surface area contributed by atoms with Crippen molar-refractivity contribution in [2.75, 3.05) is 0 Å². The summed E-state index contributed by atoms with van der Waals surface area (Å²) in [5, 5.41) is 9.04. The molecule has 0 unspecified atom stereocenters. The molecule has 98 valence electrons. The van der Waals surface area contributed by atoms with Gasteiger partial charge in [0.25, 0.3) is 0 Å². The van der Waals surface area contributed by atoms with Crippen molar-refractivity contribution in [3.05, 3.63) is 47.7 Å². The number of hydrogen-bond donors (Lipinski definition) is 1. The van der Waals surface area contributed by atoms with E-state index in [0.717, 1.165) is 16.7 Å². The summed E-state index contributed by atoms with van der Waals surface area (Å²) in [4.78, 5) is 19.2. The first kappa shape index (κ1) is 13.5. The minimum Gasteiger partial charge on any atom is -0.478 e. The van der Waals surface area contributed by atoms with Crippen LogP contribution in [0.2, 0.25) is 0 Å². The molecule has 1 heterocycles. The molecule has 0 spiro atoms. The van der Waals surface area contributed by atoms with E-state index in [9.17, 15) is 9.18 Å². The zero-order valence-electron chi connectivity index (χ0n) is 10.1. The maximum Gasteiger partial charge on any atom is 0.335 e. The molecule has 0 bridgehead atoms. The molecule has 0 aliphatic carbocycles. The number of aromatic nitrogens is 2. The minimum absolute atomic E-state index is 0.196. The number of carboxylic acid groups (broad SMARTS) is 1. The van der Waals surface area contributed by atoms with Gasteiger partial charge in [0.05, 0.1) is 11.3 Å². The summed E-state index contributed by atoms with van der Waals surface area (Å²) in [6.07, 6.45) is 1.83. The van der Waals surface area contributed by atoms with Gasteiger partial charge in [-0.3, -0.25) is 0 Å². The van der Waals surface area contributed by atoms with E-state index in [1.54, 1.807) is 12.1 Å². The molecular weight excluding hydrogens is 267 g/mol. The van der Waals surface area contributed by atoms with E-state index in [1.807, 2.05) is 6.92 Å². The van der Waals surface area contributed by atoms with Crippen LogP contribution in [0.15, 0.2) is 40.5 Å². The van der Waals surface area contributed by atoms with Gasteiger partial charge in [0.2, 0.25) is 0 Å². The highest BCUT2D eigenvalue weighted by molar-refractivity contribution is 7.99. The molecule has 2 rings (SSSR count). The van der Waals surface area contributed by atoms with Gasteiger partial charge >= 0.3 is 5.97 Å². The summed E-state index contributed by atoms with van der Waals surface area (Å²) in [5.41, 5.74) is 0.571. The molecule has 6 heteroatoms. The van der Waals surface area contributed by atoms with Gasteiger partial charge < -0.3 is 5.11 Å². The maximum atomic E-state index is 13.9. The molecule has 1 N–H and O–H groups in total. The Hall–Kier alpha value is -1.95. The topological polar surface area (TPSA) is 63.1 Å². The summed E-state index contributed by atoms with van der Waals surface area (Å²) in [7, 11) is 0. The normalized spacial score (nSPS) is 10.4. The van der Waals surface area contributed by atoms with Crippen molar-refractivity contribution in [1.82, 2.24) is 9.97 Å². The van der Waals surface area contributed by atoms with Gasteiger partial charge in [-0.2, -0.15) is 0 Å². The molecule has 0 radical (unpaired) electrons. The monoisotopic (exact) mass is 278 g/mol. The standard InChI is InChI=1S/C13H11FN2O2S/c1-2-10-11(14)12(16-7-15-10)19-9-5-3-8(4-6-9)13(17)18/h3-7H,2H2,1H3,(H,17,18). The second-order valence-corrected chi connectivity index (χ2v) is 4.79. The van der Waals surface area contributed by atoms with Crippen LogP contribution in [0, 0.1) is 5.82 Å². The number of nitrogens with zero attached hydrogens (tertiary/aromatic N) is 2. The molecule has 0 atom stereocenters. The Morgan fingerprint density at radius 1 is 1.32 bits per heavy atom. The van der Waals surface area contributed by atoms with Crippen molar-refractivity contribution in [2.24, 2.45) is 0 Å². The predicted molar refractivity (Wildman–Crippen MR) is 68.9 cm³/mol. The van der Waals surface area contributed by atoms with Crippen LogP contribution in [0.25, 0.3) is 0 Å². The first-order valence-electron chi connectivity index (χ1n) is 5.62. The molecule has 0 amide bonds. The zero-order valence-corrected chi connectivity index (χ0v) is 10.9. The van der Waals surface area contributed by atoms with Gasteiger partial charge in [-0.25, -0.2) is 19.2 Å². The summed E-state index contributed by atoms with van der Waals surface area (Å²) in [6.45, 7) is 1.82. The van der Waals surface area contributed by atoms with Crippen LogP contribution in [0.5, 0.6) is 0 Å². The van der Waals surface area contributed by atoms with Crippen LogP contribution in [0.3, 0.4) is 0 Å². The molecule has 0 saturated carbocycles. The average molecular weight is 278 g/mol. The van der Waals surface area contributed by atoms with E-state index in [-0.39, 0.29) is 10.6 Å². The molecule has 0 saturated heterocycles. The van der Waals surface area contributed by atoms with Crippen molar-refractivity contribution in [1.29, 1.82) is 0 Å². The van der Waals surface area contributed by atoms with Gasteiger partial charge in [0.15, 0.2) is 5.82 Å². The summed E-state index contributed by atoms with van der Waals surface area (Å²) >= 11 is 1.15. The number of carboxylic acids is 1. The number of rotatable bonds is 4. The second-order valence-electron chi connectivity index (χ2n) is 3.72. The fraction of sp³-hybridized carbons (Fsp3) is 0.154. The van der Waals surface area contributed by atoms with E-state index in [4.69, 9.17) is 5.11 Å². The number of carbonyl (C=O) groups is 1. The number of benzene rings is 1. The Bertz CT molecular complexity index is 602. The molecule has 0 aliphatic rings. The van der Waals surface area contributed by atoms with Crippen molar-refractivity contribution in [2.45, 2.75) is 23.3 Å². The van der Waals surface area contributed by atoms with Crippen LogP contribution in [-0.2, 0) is 6.42 Å². The van der Waals surface area contributed by atoms with Crippen LogP contribution in [0.1, 0.15) is 23.0 Å².